The van der Waals surface area contributed by atoms with E-state index in [1.54, 1.807) is 6.92 Å². The van der Waals surface area contributed by atoms with Gasteiger partial charge in [-0.1, -0.05) is 11.6 Å². The van der Waals surface area contributed by atoms with Crippen molar-refractivity contribution in [1.82, 2.24) is 19.8 Å². The second-order valence-corrected chi connectivity index (χ2v) is 9.69. The average molecular weight is 572 g/mol. The zero-order valence-electron chi connectivity index (χ0n) is 21.0. The lowest BCUT2D eigenvalue weighted by atomic mass is 9.98. The van der Waals surface area contributed by atoms with Crippen molar-refractivity contribution in [2.45, 2.75) is 32.5 Å². The molecular weight excluding hydrogens is 546 g/mol. The lowest BCUT2D eigenvalue weighted by Crippen LogP contribution is -2.46. The third-order valence-electron chi connectivity index (χ3n) is 6.46. The molecule has 210 valence electrons. The molecule has 2 aliphatic heterocycles. The number of anilines is 1. The Labute approximate surface area is 225 Å². The van der Waals surface area contributed by atoms with Crippen LogP contribution in [0.15, 0.2) is 24.0 Å². The highest BCUT2D eigenvalue weighted by molar-refractivity contribution is 6.35. The van der Waals surface area contributed by atoms with Crippen LogP contribution in [-0.4, -0.2) is 64.0 Å². The van der Waals surface area contributed by atoms with E-state index in [4.69, 9.17) is 33.6 Å². The Morgan fingerprint density at radius 1 is 1.28 bits per heavy atom. The number of rotatable bonds is 2. The van der Waals surface area contributed by atoms with Crippen LogP contribution >= 0.6 is 11.6 Å². The first-order valence-corrected chi connectivity index (χ1v) is 12.2. The van der Waals surface area contributed by atoms with E-state index in [1.807, 2.05) is 0 Å². The van der Waals surface area contributed by atoms with Crippen LogP contribution in [0.25, 0.3) is 11.3 Å². The number of hydrazine groups is 1. The highest BCUT2D eigenvalue weighted by Crippen LogP contribution is 2.46. The van der Waals surface area contributed by atoms with Gasteiger partial charge in [-0.25, -0.2) is 25.0 Å². The number of urea groups is 1. The van der Waals surface area contributed by atoms with E-state index in [9.17, 15) is 22.8 Å². The van der Waals surface area contributed by atoms with Crippen molar-refractivity contribution in [1.29, 1.82) is 0 Å². The third-order valence-corrected chi connectivity index (χ3v) is 6.82. The molecule has 0 aliphatic carbocycles. The summed E-state index contributed by atoms with van der Waals surface area (Å²) in [4.78, 5) is 32.8. The molecule has 3 amide bonds. The lowest BCUT2D eigenvalue weighted by Gasteiger charge is -2.26. The number of hydrogen-bond acceptors (Lipinski definition) is 7. The summed E-state index contributed by atoms with van der Waals surface area (Å²) < 4.78 is 63.0. The summed E-state index contributed by atoms with van der Waals surface area (Å²) in [5.41, 5.74) is 8.36. The maximum atomic E-state index is 15.5. The molecule has 1 unspecified atom stereocenters. The van der Waals surface area contributed by atoms with Gasteiger partial charge in [0.1, 0.15) is 18.2 Å². The van der Waals surface area contributed by atoms with Gasteiger partial charge in [0, 0.05) is 31.5 Å². The molecule has 0 radical (unpaired) electrons. The van der Waals surface area contributed by atoms with E-state index in [2.05, 4.69) is 4.98 Å². The Bertz CT molecular complexity index is 1360. The van der Waals surface area contributed by atoms with Crippen molar-refractivity contribution in [3.05, 3.63) is 51.6 Å². The molecule has 0 saturated carbocycles. The van der Waals surface area contributed by atoms with Crippen LogP contribution in [0.4, 0.5) is 28.2 Å². The number of allylic oxidation sites excluding steroid dienone is 1. The number of benzene rings is 1. The van der Waals surface area contributed by atoms with E-state index in [0.717, 1.165) is 17.1 Å². The van der Waals surface area contributed by atoms with Crippen LogP contribution in [0.1, 0.15) is 34.8 Å². The third kappa shape index (κ3) is 5.39. The van der Waals surface area contributed by atoms with Crippen molar-refractivity contribution in [2.24, 2.45) is 11.6 Å². The first-order chi connectivity index (χ1) is 18.2. The molecule has 1 aromatic heterocycles. The van der Waals surface area contributed by atoms with Crippen molar-refractivity contribution in [3.8, 4) is 17.0 Å². The number of pyridine rings is 1. The maximum Gasteiger partial charge on any atom is 0.418 e. The number of nitrogen functional groups attached to an aromatic ring is 1. The Morgan fingerprint density at radius 3 is 2.62 bits per heavy atom. The van der Waals surface area contributed by atoms with E-state index in [-0.39, 0.29) is 55.4 Å². The van der Waals surface area contributed by atoms with Gasteiger partial charge in [-0.15, -0.1) is 0 Å². The fraction of sp³-hybridized carbons (Fsp3) is 0.375. The van der Waals surface area contributed by atoms with Gasteiger partial charge in [-0.2, -0.15) is 13.2 Å². The number of nitrogens with zero attached hydrogens (tertiary/aromatic N) is 4. The van der Waals surface area contributed by atoms with Gasteiger partial charge >= 0.3 is 12.2 Å². The SMILES string of the molecule is C/C(N)=C/N(N)C(=O)N1CCC2COc3c(cc(F)c(-c4nc(N)cc(C)c4C(F)(F)F)c3Cl)C(=O)N2CC1. The van der Waals surface area contributed by atoms with E-state index >= 15 is 4.39 Å². The summed E-state index contributed by atoms with van der Waals surface area (Å²) >= 11 is 6.43. The highest BCUT2D eigenvalue weighted by Gasteiger charge is 2.41. The summed E-state index contributed by atoms with van der Waals surface area (Å²) in [6.45, 7) is 3.02. The number of halogens is 5. The summed E-state index contributed by atoms with van der Waals surface area (Å²) in [7, 11) is 0. The van der Waals surface area contributed by atoms with Crippen molar-refractivity contribution in [2.75, 3.05) is 32.0 Å². The topological polar surface area (TPSA) is 144 Å². The summed E-state index contributed by atoms with van der Waals surface area (Å²) in [5, 5.41) is 0.316. The first-order valence-electron chi connectivity index (χ1n) is 11.8. The fourth-order valence-corrected chi connectivity index (χ4v) is 5.08. The summed E-state index contributed by atoms with van der Waals surface area (Å²) in [6, 6.07) is 0.733. The standard InChI is InChI=1S/C24H26ClF4N7O3/c1-11-7-16(31)33-20(18(11)24(27,28)29)17-15(26)8-14-21(19(17)25)39-10-13-3-4-34(5-6-35(13)22(14)37)23(38)36(32)9-12(2)30/h7-9,13H,3-6,10,30,32H2,1-2H3,(H2,31,33)/b12-9-. The van der Waals surface area contributed by atoms with Crippen molar-refractivity contribution < 1.29 is 31.9 Å². The molecule has 1 aromatic carbocycles. The quantitative estimate of drug-likeness (QED) is 0.217. The molecule has 4 rings (SSSR count). The monoisotopic (exact) mass is 571 g/mol. The van der Waals surface area contributed by atoms with Gasteiger partial charge in [0.2, 0.25) is 0 Å². The second kappa shape index (κ2) is 10.4. The Balaban J connectivity index is 1.72. The van der Waals surface area contributed by atoms with Gasteiger partial charge in [-0.05, 0) is 38.0 Å². The number of aryl methyl sites for hydroxylation is 1. The van der Waals surface area contributed by atoms with Crippen LogP contribution in [0.5, 0.6) is 5.75 Å². The molecule has 2 aliphatic rings. The van der Waals surface area contributed by atoms with Crippen LogP contribution in [0, 0.1) is 12.7 Å². The van der Waals surface area contributed by atoms with Crippen LogP contribution in [0.2, 0.25) is 5.02 Å². The normalized spacial score (nSPS) is 18.1. The number of carbonyl (C=O) groups excluding carboxylic acids is 2. The Hall–Kier alpha value is -3.78. The summed E-state index contributed by atoms with van der Waals surface area (Å²) in [5.74, 6) is 3.38. The maximum absolute atomic E-state index is 15.5. The van der Waals surface area contributed by atoms with E-state index in [0.29, 0.717) is 5.70 Å². The van der Waals surface area contributed by atoms with Crippen molar-refractivity contribution in [3.63, 3.8) is 0 Å². The fourth-order valence-electron chi connectivity index (χ4n) is 4.74. The molecule has 2 aromatic rings. The van der Waals surface area contributed by atoms with Gasteiger partial charge in [0.25, 0.3) is 5.91 Å². The zero-order valence-corrected chi connectivity index (χ0v) is 21.7. The molecule has 3 heterocycles. The molecule has 10 nitrogen and oxygen atoms in total. The van der Waals surface area contributed by atoms with Gasteiger partial charge in [0.05, 0.1) is 33.4 Å². The molecule has 0 bridgehead atoms. The largest absolute Gasteiger partial charge is 0.489 e. The molecule has 1 fully saturated rings. The predicted molar refractivity (Wildman–Crippen MR) is 135 cm³/mol. The molecule has 1 saturated heterocycles. The number of carbonyl (C=O) groups is 2. The molecule has 39 heavy (non-hydrogen) atoms. The second-order valence-electron chi connectivity index (χ2n) is 9.31. The van der Waals surface area contributed by atoms with Gasteiger partial charge in [0.15, 0.2) is 5.75 Å². The van der Waals surface area contributed by atoms with E-state index in [1.165, 1.54) is 22.9 Å². The summed E-state index contributed by atoms with van der Waals surface area (Å²) in [6.07, 6.45) is -3.34. The zero-order chi connectivity index (χ0) is 28.8. The smallest absolute Gasteiger partial charge is 0.418 e. The van der Waals surface area contributed by atoms with Crippen molar-refractivity contribution >= 4 is 29.4 Å². The van der Waals surface area contributed by atoms with Gasteiger partial charge < -0.3 is 26.0 Å². The Morgan fingerprint density at radius 2 is 1.97 bits per heavy atom. The number of aromatic nitrogens is 1. The number of fused-ring (bicyclic) bond motifs is 2. The molecule has 0 spiro atoms. The van der Waals surface area contributed by atoms with Crippen LogP contribution < -0.4 is 22.0 Å². The average Bonchev–Trinajstić information content (AvgIpc) is 3.09. The minimum atomic E-state index is -4.89. The highest BCUT2D eigenvalue weighted by atomic mass is 35.5. The number of ether oxygens (including phenoxy) is 1. The minimum Gasteiger partial charge on any atom is -0.489 e. The van der Waals surface area contributed by atoms with Crippen LogP contribution in [-0.2, 0) is 6.18 Å². The molecule has 1 atom stereocenters. The number of hydrogen-bond donors (Lipinski definition) is 3. The van der Waals surface area contributed by atoms with E-state index < -0.39 is 51.8 Å². The number of amides is 3. The molecule has 6 N–H and O–H groups in total. The Kier molecular flexibility index (Phi) is 7.54. The molecular formula is C24H26ClF4N7O3. The van der Waals surface area contributed by atoms with Crippen LogP contribution in [0.3, 0.4) is 0 Å². The number of nitrogens with two attached hydrogens (primary N) is 3. The number of alkyl halides is 3. The predicted octanol–water partition coefficient (Wildman–Crippen LogP) is 3.48. The molecule has 15 heteroatoms. The van der Waals surface area contributed by atoms with Gasteiger partial charge in [-0.3, -0.25) is 4.79 Å². The first kappa shape index (κ1) is 28.2. The minimum absolute atomic E-state index is 0.0619. The lowest BCUT2D eigenvalue weighted by molar-refractivity contribution is -0.137.